The van der Waals surface area contributed by atoms with E-state index in [1.807, 2.05) is 27.7 Å². The standard InChI is InChI=1S/C11H18N2O2/c1-6-8-7(2)12-9(8)13-10(14)15-11(3,4)5/h7,9,12H,1H2,2-5H3,(H,13,14). The molecule has 0 bridgehead atoms. The maximum absolute atomic E-state index is 11.4. The van der Waals surface area contributed by atoms with E-state index in [-0.39, 0.29) is 12.2 Å². The van der Waals surface area contributed by atoms with Gasteiger partial charge in [0.15, 0.2) is 0 Å². The van der Waals surface area contributed by atoms with Gasteiger partial charge >= 0.3 is 6.09 Å². The van der Waals surface area contributed by atoms with Gasteiger partial charge in [-0.05, 0) is 27.7 Å². The Hall–Kier alpha value is -1.25. The summed E-state index contributed by atoms with van der Waals surface area (Å²) in [4.78, 5) is 11.4. The van der Waals surface area contributed by atoms with Gasteiger partial charge in [-0.15, -0.1) is 5.73 Å². The van der Waals surface area contributed by atoms with E-state index in [1.54, 1.807) is 0 Å². The van der Waals surface area contributed by atoms with Crippen LogP contribution >= 0.6 is 0 Å². The summed E-state index contributed by atoms with van der Waals surface area (Å²) >= 11 is 0. The van der Waals surface area contributed by atoms with Crippen LogP contribution in [0.25, 0.3) is 0 Å². The second-order valence-corrected chi connectivity index (χ2v) is 4.60. The van der Waals surface area contributed by atoms with Crippen molar-refractivity contribution in [1.82, 2.24) is 10.6 Å². The largest absolute Gasteiger partial charge is 0.444 e. The summed E-state index contributed by atoms with van der Waals surface area (Å²) < 4.78 is 5.12. The monoisotopic (exact) mass is 210 g/mol. The molecule has 2 N–H and O–H groups in total. The number of alkyl carbamates (subject to hydrolysis) is 1. The Balaban J connectivity index is 2.44. The van der Waals surface area contributed by atoms with Gasteiger partial charge in [0.2, 0.25) is 0 Å². The van der Waals surface area contributed by atoms with Gasteiger partial charge in [0.05, 0.1) is 0 Å². The minimum atomic E-state index is -0.475. The van der Waals surface area contributed by atoms with Crippen LogP contribution in [0.5, 0.6) is 0 Å². The summed E-state index contributed by atoms with van der Waals surface area (Å²) in [5.74, 6) is 0. The van der Waals surface area contributed by atoms with Crippen molar-refractivity contribution >= 4 is 6.09 Å². The average Bonchev–Trinajstić information content (AvgIpc) is 2.00. The third-order valence-corrected chi connectivity index (χ3v) is 2.06. The summed E-state index contributed by atoms with van der Waals surface area (Å²) in [6, 6.07) is 0.224. The molecular weight excluding hydrogens is 192 g/mol. The van der Waals surface area contributed by atoms with E-state index in [0.717, 1.165) is 5.57 Å². The number of nitrogens with one attached hydrogen (secondary N) is 2. The Morgan fingerprint density at radius 2 is 2.20 bits per heavy atom. The number of hydrogen-bond donors (Lipinski definition) is 2. The first-order chi connectivity index (χ1) is 6.83. The van der Waals surface area contributed by atoms with E-state index in [1.165, 1.54) is 0 Å². The van der Waals surface area contributed by atoms with E-state index in [4.69, 9.17) is 4.74 Å². The van der Waals surface area contributed by atoms with Crippen LogP contribution in [0.2, 0.25) is 0 Å². The summed E-state index contributed by atoms with van der Waals surface area (Å²) in [6.45, 7) is 11.0. The zero-order valence-corrected chi connectivity index (χ0v) is 9.68. The number of rotatable bonds is 1. The fourth-order valence-corrected chi connectivity index (χ4v) is 1.38. The van der Waals surface area contributed by atoms with Gasteiger partial charge in [0, 0.05) is 11.6 Å². The van der Waals surface area contributed by atoms with Crippen LogP contribution in [-0.4, -0.2) is 23.9 Å². The van der Waals surface area contributed by atoms with E-state index >= 15 is 0 Å². The Morgan fingerprint density at radius 3 is 2.60 bits per heavy atom. The second-order valence-electron chi connectivity index (χ2n) is 4.60. The van der Waals surface area contributed by atoms with Crippen LogP contribution in [-0.2, 0) is 4.74 Å². The molecule has 2 atom stereocenters. The van der Waals surface area contributed by atoms with Crippen LogP contribution < -0.4 is 10.6 Å². The molecule has 15 heavy (non-hydrogen) atoms. The van der Waals surface area contributed by atoms with Gasteiger partial charge in [0.1, 0.15) is 11.8 Å². The lowest BCUT2D eigenvalue weighted by molar-refractivity contribution is 0.0485. The molecule has 1 fully saturated rings. The number of carbonyl (C=O) groups is 1. The predicted molar refractivity (Wildman–Crippen MR) is 58.4 cm³/mol. The van der Waals surface area contributed by atoms with Crippen molar-refractivity contribution in [3.05, 3.63) is 17.9 Å². The van der Waals surface area contributed by atoms with Crippen LogP contribution in [0, 0.1) is 0 Å². The average molecular weight is 210 g/mol. The molecule has 1 amide bonds. The van der Waals surface area contributed by atoms with Crippen molar-refractivity contribution in [3.63, 3.8) is 0 Å². The lowest BCUT2D eigenvalue weighted by atomic mass is 9.98. The molecule has 4 nitrogen and oxygen atoms in total. The molecule has 4 heteroatoms. The number of carbonyl (C=O) groups excluding carboxylic acids is 1. The van der Waals surface area contributed by atoms with Gasteiger partial charge in [0.25, 0.3) is 0 Å². The molecular formula is C11H18N2O2. The third kappa shape index (κ3) is 3.11. The quantitative estimate of drug-likeness (QED) is 0.645. The van der Waals surface area contributed by atoms with Crippen molar-refractivity contribution in [3.8, 4) is 0 Å². The molecule has 0 saturated carbocycles. The third-order valence-electron chi connectivity index (χ3n) is 2.06. The highest BCUT2D eigenvalue weighted by Crippen LogP contribution is 2.16. The van der Waals surface area contributed by atoms with E-state index in [9.17, 15) is 4.79 Å². The number of hydrogen-bond acceptors (Lipinski definition) is 3. The first-order valence-electron chi connectivity index (χ1n) is 4.99. The Labute approximate surface area is 90.4 Å². The Kier molecular flexibility index (Phi) is 3.22. The lowest BCUT2D eigenvalue weighted by Gasteiger charge is -2.37. The highest BCUT2D eigenvalue weighted by molar-refractivity contribution is 5.69. The number of amides is 1. The normalized spacial score (nSPS) is 25.2. The van der Waals surface area contributed by atoms with Gasteiger partial charge in [-0.25, -0.2) is 4.79 Å². The van der Waals surface area contributed by atoms with Crippen molar-refractivity contribution < 1.29 is 9.53 Å². The summed E-state index contributed by atoms with van der Waals surface area (Å²) in [5, 5.41) is 5.80. The zero-order valence-electron chi connectivity index (χ0n) is 9.68. The minimum Gasteiger partial charge on any atom is -0.444 e. The smallest absolute Gasteiger partial charge is 0.409 e. The summed E-state index contributed by atoms with van der Waals surface area (Å²) in [7, 11) is 0. The molecule has 1 saturated heterocycles. The Bertz CT molecular complexity index is 311. The van der Waals surface area contributed by atoms with Crippen LogP contribution in [0.3, 0.4) is 0 Å². The van der Waals surface area contributed by atoms with E-state index in [0.29, 0.717) is 0 Å². The highest BCUT2D eigenvalue weighted by Gasteiger charge is 2.33. The highest BCUT2D eigenvalue weighted by atomic mass is 16.6. The minimum absolute atomic E-state index is 0.188. The molecule has 1 rings (SSSR count). The SMILES string of the molecule is C=C=C1C(C)NC1NC(=O)OC(C)(C)C. The van der Waals surface area contributed by atoms with Crippen LogP contribution in [0.15, 0.2) is 17.9 Å². The molecule has 2 unspecified atom stereocenters. The van der Waals surface area contributed by atoms with Gasteiger partial charge in [-0.3, -0.25) is 5.32 Å². The molecule has 84 valence electrons. The van der Waals surface area contributed by atoms with Gasteiger partial charge < -0.3 is 10.1 Å². The molecule has 0 aromatic heterocycles. The molecule has 1 aliphatic heterocycles. The Morgan fingerprint density at radius 1 is 1.60 bits per heavy atom. The first kappa shape index (κ1) is 11.8. The maximum atomic E-state index is 11.4. The summed E-state index contributed by atoms with van der Waals surface area (Å²) in [5.41, 5.74) is 3.29. The van der Waals surface area contributed by atoms with Crippen molar-refractivity contribution in [2.24, 2.45) is 0 Å². The first-order valence-corrected chi connectivity index (χ1v) is 4.99. The fraction of sp³-hybridized carbons (Fsp3) is 0.636. The van der Waals surface area contributed by atoms with E-state index in [2.05, 4.69) is 22.9 Å². The lowest BCUT2D eigenvalue weighted by Crippen LogP contribution is -2.62. The fourth-order valence-electron chi connectivity index (χ4n) is 1.38. The number of ether oxygens (including phenoxy) is 1. The van der Waals surface area contributed by atoms with Crippen molar-refractivity contribution in [2.75, 3.05) is 0 Å². The second kappa shape index (κ2) is 4.09. The molecule has 1 heterocycles. The molecule has 0 aromatic carbocycles. The summed E-state index contributed by atoms with van der Waals surface area (Å²) in [6.07, 6.45) is -0.619. The molecule has 0 spiro atoms. The van der Waals surface area contributed by atoms with Crippen LogP contribution in [0.4, 0.5) is 4.79 Å². The zero-order chi connectivity index (χ0) is 11.6. The van der Waals surface area contributed by atoms with Crippen molar-refractivity contribution in [2.45, 2.75) is 45.5 Å². The molecule has 0 aromatic rings. The molecule has 0 radical (unpaired) electrons. The van der Waals surface area contributed by atoms with E-state index < -0.39 is 11.7 Å². The molecule has 1 aliphatic rings. The van der Waals surface area contributed by atoms with Gasteiger partial charge in [-0.2, -0.15) is 0 Å². The van der Waals surface area contributed by atoms with Crippen molar-refractivity contribution in [1.29, 1.82) is 0 Å². The topological polar surface area (TPSA) is 50.4 Å². The van der Waals surface area contributed by atoms with Gasteiger partial charge in [-0.1, -0.05) is 6.58 Å². The van der Waals surface area contributed by atoms with Crippen LogP contribution in [0.1, 0.15) is 27.7 Å². The predicted octanol–water partition coefficient (Wildman–Crippen LogP) is 1.54. The maximum Gasteiger partial charge on any atom is 0.409 e. The molecule has 0 aliphatic carbocycles.